The van der Waals surface area contributed by atoms with E-state index in [2.05, 4.69) is 0 Å². The van der Waals surface area contributed by atoms with E-state index in [0.29, 0.717) is 26.2 Å². The van der Waals surface area contributed by atoms with Gasteiger partial charge in [-0.2, -0.15) is 0 Å². The molecule has 0 radical (unpaired) electrons. The first-order valence-corrected chi connectivity index (χ1v) is 11.5. The molecule has 7 nitrogen and oxygen atoms in total. The lowest BCUT2D eigenvalue weighted by Gasteiger charge is -2.17. The van der Waals surface area contributed by atoms with Gasteiger partial charge in [0.2, 0.25) is 0 Å². The summed E-state index contributed by atoms with van der Waals surface area (Å²) in [6.07, 6.45) is 1.56. The number of carbonyl (C=O) groups is 3. The Kier molecular flexibility index (Phi) is 5.72. The summed E-state index contributed by atoms with van der Waals surface area (Å²) in [4.78, 5) is 37.9. The van der Waals surface area contributed by atoms with Crippen LogP contribution in [-0.4, -0.2) is 32.4 Å². The molecule has 0 bridgehead atoms. The van der Waals surface area contributed by atoms with Gasteiger partial charge in [0, 0.05) is 17.0 Å². The second-order valence-corrected chi connectivity index (χ2v) is 9.30. The zero-order valence-corrected chi connectivity index (χ0v) is 19.4. The second kappa shape index (κ2) is 8.86. The lowest BCUT2D eigenvalue weighted by atomic mass is 10.0. The molecule has 3 aromatic carbocycles. The molecule has 2 N–H and O–H groups in total. The fourth-order valence-electron chi connectivity index (χ4n) is 3.81. The van der Waals surface area contributed by atoms with E-state index in [1.807, 2.05) is 42.5 Å². The number of aromatic carboxylic acids is 2. The lowest BCUT2D eigenvalue weighted by molar-refractivity contribution is -0.113. The molecule has 35 heavy (non-hydrogen) atoms. The van der Waals surface area contributed by atoms with Gasteiger partial charge < -0.3 is 14.6 Å². The smallest absolute Gasteiger partial charge is 0.335 e. The standard InChI is InChI=1S/C26H15NO6S2/c28-23-22(35-26(34)27(23)20-7-3-5-14-4-1-2-6-19(14)20)13-18-8-9-21(33-18)15-10-16(24(29)30)12-17(11-15)25(31)32/h1-13H,(H,29,30)(H,31,32)/b22-13-. The quantitative estimate of drug-likeness (QED) is 0.257. The van der Waals surface area contributed by atoms with E-state index < -0.39 is 11.9 Å². The maximum Gasteiger partial charge on any atom is 0.335 e. The van der Waals surface area contributed by atoms with Gasteiger partial charge in [-0.25, -0.2) is 9.59 Å². The highest BCUT2D eigenvalue weighted by molar-refractivity contribution is 8.27. The van der Waals surface area contributed by atoms with Crippen LogP contribution in [0.4, 0.5) is 5.69 Å². The Bertz CT molecular complexity index is 1550. The number of anilines is 1. The molecule has 0 unspecified atom stereocenters. The molecule has 9 heteroatoms. The van der Waals surface area contributed by atoms with Crippen molar-refractivity contribution in [1.29, 1.82) is 0 Å². The minimum Gasteiger partial charge on any atom is -0.478 e. The van der Waals surface area contributed by atoms with Crippen molar-refractivity contribution in [2.75, 3.05) is 4.90 Å². The van der Waals surface area contributed by atoms with Crippen molar-refractivity contribution >= 4 is 68.7 Å². The van der Waals surface area contributed by atoms with Crippen molar-refractivity contribution in [3.8, 4) is 11.3 Å². The third-order valence-corrected chi connectivity index (χ3v) is 6.71. The molecular formula is C26H15NO6S2. The van der Waals surface area contributed by atoms with Crippen LogP contribution in [0.15, 0.2) is 82.1 Å². The van der Waals surface area contributed by atoms with Crippen LogP contribution in [0, 0.1) is 0 Å². The Morgan fingerprint density at radius 3 is 2.31 bits per heavy atom. The number of nitrogens with zero attached hydrogens (tertiary/aromatic N) is 1. The van der Waals surface area contributed by atoms with Gasteiger partial charge in [0.25, 0.3) is 5.91 Å². The van der Waals surface area contributed by atoms with Crippen LogP contribution in [0.25, 0.3) is 28.2 Å². The molecule has 172 valence electrons. The summed E-state index contributed by atoms with van der Waals surface area (Å²) in [7, 11) is 0. The number of fused-ring (bicyclic) bond motifs is 1. The van der Waals surface area contributed by atoms with Gasteiger partial charge in [-0.05, 0) is 41.8 Å². The highest BCUT2D eigenvalue weighted by Crippen LogP contribution is 2.39. The molecule has 5 rings (SSSR count). The van der Waals surface area contributed by atoms with E-state index in [4.69, 9.17) is 16.6 Å². The molecular weight excluding hydrogens is 486 g/mol. The normalized spacial score (nSPS) is 14.7. The third kappa shape index (κ3) is 4.23. The summed E-state index contributed by atoms with van der Waals surface area (Å²) in [5, 5.41) is 20.5. The van der Waals surface area contributed by atoms with E-state index in [0.717, 1.165) is 28.6 Å². The number of carbonyl (C=O) groups excluding carboxylic acids is 1. The van der Waals surface area contributed by atoms with E-state index in [1.165, 1.54) is 17.0 Å². The number of carboxylic acids is 2. The van der Waals surface area contributed by atoms with E-state index in [-0.39, 0.29) is 22.8 Å². The summed E-state index contributed by atoms with van der Waals surface area (Å²) < 4.78 is 6.20. The van der Waals surface area contributed by atoms with Crippen LogP contribution >= 0.6 is 24.0 Å². The molecule has 2 heterocycles. The number of hydrogen-bond acceptors (Lipinski definition) is 6. The highest BCUT2D eigenvalue weighted by Gasteiger charge is 2.34. The first-order valence-electron chi connectivity index (χ1n) is 10.3. The average molecular weight is 502 g/mol. The van der Waals surface area contributed by atoms with Gasteiger partial charge in [-0.3, -0.25) is 9.69 Å². The second-order valence-electron chi connectivity index (χ2n) is 7.63. The van der Waals surface area contributed by atoms with E-state index >= 15 is 0 Å². The number of benzene rings is 3. The van der Waals surface area contributed by atoms with Gasteiger partial charge in [0.1, 0.15) is 11.5 Å². The number of thiocarbonyl (C=S) groups is 1. The van der Waals surface area contributed by atoms with Gasteiger partial charge in [-0.1, -0.05) is 60.4 Å². The fraction of sp³-hybridized carbons (Fsp3) is 0. The predicted molar refractivity (Wildman–Crippen MR) is 138 cm³/mol. The molecule has 1 amide bonds. The largest absolute Gasteiger partial charge is 0.478 e. The van der Waals surface area contributed by atoms with E-state index in [1.54, 1.807) is 18.2 Å². The van der Waals surface area contributed by atoms with Gasteiger partial charge >= 0.3 is 11.9 Å². The van der Waals surface area contributed by atoms with Crippen LogP contribution in [0.5, 0.6) is 0 Å². The van der Waals surface area contributed by atoms with Crippen molar-refractivity contribution in [3.05, 3.63) is 94.6 Å². The molecule has 1 fully saturated rings. The van der Waals surface area contributed by atoms with Crippen LogP contribution in [-0.2, 0) is 4.79 Å². The molecule has 0 aliphatic carbocycles. The molecule has 1 aromatic heterocycles. The topological polar surface area (TPSA) is 108 Å². The number of rotatable bonds is 5. The average Bonchev–Trinajstić information content (AvgIpc) is 3.42. The van der Waals surface area contributed by atoms with Crippen LogP contribution < -0.4 is 4.90 Å². The summed E-state index contributed by atoms with van der Waals surface area (Å²) in [5.74, 6) is -2.17. The van der Waals surface area contributed by atoms with Crippen molar-refractivity contribution in [1.82, 2.24) is 0 Å². The Labute approximate surface area is 208 Å². The SMILES string of the molecule is O=C(O)c1cc(C(=O)O)cc(-c2ccc(/C=C3\SC(=S)N(c4cccc5ccccc45)C3=O)o2)c1. The number of furan rings is 1. The fourth-order valence-corrected chi connectivity index (χ4v) is 5.08. The zero-order chi connectivity index (χ0) is 24.7. The zero-order valence-electron chi connectivity index (χ0n) is 17.8. The number of carboxylic acid groups (broad SMARTS) is 2. The molecule has 1 aliphatic heterocycles. The van der Waals surface area contributed by atoms with Gasteiger partial charge in [0.15, 0.2) is 4.32 Å². The number of amides is 1. The molecule has 0 atom stereocenters. The lowest BCUT2D eigenvalue weighted by Crippen LogP contribution is -2.27. The summed E-state index contributed by atoms with van der Waals surface area (Å²) in [6.45, 7) is 0. The Morgan fingerprint density at radius 2 is 1.60 bits per heavy atom. The molecule has 1 saturated heterocycles. The first-order chi connectivity index (χ1) is 16.8. The number of thioether (sulfide) groups is 1. The van der Waals surface area contributed by atoms with Crippen molar-refractivity contribution < 1.29 is 29.0 Å². The highest BCUT2D eigenvalue weighted by atomic mass is 32.2. The Morgan fingerprint density at radius 1 is 0.914 bits per heavy atom. The van der Waals surface area contributed by atoms with Crippen molar-refractivity contribution in [3.63, 3.8) is 0 Å². The predicted octanol–water partition coefficient (Wildman–Crippen LogP) is 5.90. The number of hydrogen-bond donors (Lipinski definition) is 2. The summed E-state index contributed by atoms with van der Waals surface area (Å²) >= 11 is 6.65. The monoisotopic (exact) mass is 501 g/mol. The maximum atomic E-state index is 13.3. The first kappa shape index (κ1) is 22.6. The maximum absolute atomic E-state index is 13.3. The Hall–Kier alpha value is -4.21. The van der Waals surface area contributed by atoms with Gasteiger partial charge in [-0.15, -0.1) is 0 Å². The Balaban J connectivity index is 1.48. The van der Waals surface area contributed by atoms with Crippen LogP contribution in [0.3, 0.4) is 0 Å². The van der Waals surface area contributed by atoms with Gasteiger partial charge in [0.05, 0.1) is 21.7 Å². The minimum absolute atomic E-state index is 0.172. The molecule has 1 aliphatic rings. The molecule has 4 aromatic rings. The molecule has 0 saturated carbocycles. The van der Waals surface area contributed by atoms with Crippen molar-refractivity contribution in [2.24, 2.45) is 0 Å². The summed E-state index contributed by atoms with van der Waals surface area (Å²) in [5.41, 5.74) is 0.647. The minimum atomic E-state index is -1.25. The summed E-state index contributed by atoms with van der Waals surface area (Å²) in [6, 6.07) is 20.4. The third-order valence-electron chi connectivity index (χ3n) is 5.41. The van der Waals surface area contributed by atoms with Crippen molar-refractivity contribution in [2.45, 2.75) is 0 Å². The van der Waals surface area contributed by atoms with Crippen LogP contribution in [0.2, 0.25) is 0 Å². The van der Waals surface area contributed by atoms with E-state index in [9.17, 15) is 24.6 Å². The van der Waals surface area contributed by atoms with Crippen LogP contribution in [0.1, 0.15) is 26.5 Å². The molecule has 0 spiro atoms.